The molecule has 1 aromatic rings. The summed E-state index contributed by atoms with van der Waals surface area (Å²) in [5.74, 6) is 0. The predicted molar refractivity (Wildman–Crippen MR) is 65.8 cm³/mol. The maximum Gasteiger partial charge on any atom is 0.0234 e. The molecule has 0 amide bonds. The summed E-state index contributed by atoms with van der Waals surface area (Å²) in [6, 6.07) is 9.26. The third-order valence-corrected chi connectivity index (χ3v) is 2.96. The molecule has 0 spiro atoms. The number of benzene rings is 1. The molecule has 0 heterocycles. The van der Waals surface area contributed by atoms with Gasteiger partial charge in [-0.2, -0.15) is 0 Å². The van der Waals surface area contributed by atoms with E-state index in [9.17, 15) is 0 Å². The molecule has 2 N–H and O–H groups in total. The molecular formula is C13H22N2. The van der Waals surface area contributed by atoms with Crippen molar-refractivity contribution in [3.63, 3.8) is 0 Å². The van der Waals surface area contributed by atoms with E-state index in [1.165, 1.54) is 11.1 Å². The first-order chi connectivity index (χ1) is 7.17. The first-order valence-electron chi connectivity index (χ1n) is 5.65. The Morgan fingerprint density at radius 2 is 1.73 bits per heavy atom. The van der Waals surface area contributed by atoms with Crippen LogP contribution in [0.3, 0.4) is 0 Å². The Morgan fingerprint density at radius 1 is 1.20 bits per heavy atom. The van der Waals surface area contributed by atoms with Crippen LogP contribution in [0.5, 0.6) is 0 Å². The van der Waals surface area contributed by atoms with Crippen LogP contribution < -0.4 is 5.73 Å². The summed E-state index contributed by atoms with van der Waals surface area (Å²) in [6.45, 7) is 6.02. The molecule has 0 aliphatic heterocycles. The van der Waals surface area contributed by atoms with Crippen LogP contribution >= 0.6 is 0 Å². The maximum absolute atomic E-state index is 5.63. The summed E-state index contributed by atoms with van der Waals surface area (Å²) >= 11 is 0. The molecule has 2 nitrogen and oxygen atoms in total. The zero-order valence-electron chi connectivity index (χ0n) is 10.0. The minimum absolute atomic E-state index is 0.441. The topological polar surface area (TPSA) is 29.3 Å². The minimum atomic E-state index is 0.441. The quantitative estimate of drug-likeness (QED) is 0.798. The van der Waals surface area contributed by atoms with Crippen molar-refractivity contribution in [2.24, 2.45) is 5.73 Å². The van der Waals surface area contributed by atoms with E-state index in [-0.39, 0.29) is 0 Å². The van der Waals surface area contributed by atoms with Crippen molar-refractivity contribution in [3.8, 4) is 0 Å². The van der Waals surface area contributed by atoms with Crippen molar-refractivity contribution in [1.29, 1.82) is 0 Å². The van der Waals surface area contributed by atoms with E-state index in [0.29, 0.717) is 12.6 Å². The summed E-state index contributed by atoms with van der Waals surface area (Å²) in [4.78, 5) is 2.28. The van der Waals surface area contributed by atoms with Gasteiger partial charge < -0.3 is 5.73 Å². The zero-order valence-corrected chi connectivity index (χ0v) is 10.0. The molecule has 0 aromatic heterocycles. The molecule has 84 valence electrons. The van der Waals surface area contributed by atoms with Crippen LogP contribution in [0.15, 0.2) is 24.3 Å². The average molecular weight is 206 g/mol. The predicted octanol–water partition coefficient (Wildman–Crippen LogP) is 2.03. The lowest BCUT2D eigenvalue weighted by atomic mass is 10.1. The highest BCUT2D eigenvalue weighted by Crippen LogP contribution is 2.08. The molecule has 1 rings (SSSR count). The number of nitrogens with two attached hydrogens (primary N) is 1. The highest BCUT2D eigenvalue weighted by atomic mass is 15.1. The maximum atomic E-state index is 5.63. The van der Waals surface area contributed by atoms with Gasteiger partial charge in [-0.3, -0.25) is 4.90 Å². The summed E-state index contributed by atoms with van der Waals surface area (Å²) < 4.78 is 0. The Morgan fingerprint density at radius 3 is 2.20 bits per heavy atom. The van der Waals surface area contributed by atoms with Crippen molar-refractivity contribution in [2.75, 3.05) is 13.6 Å². The third-order valence-electron chi connectivity index (χ3n) is 2.96. The van der Waals surface area contributed by atoms with Gasteiger partial charge >= 0.3 is 0 Å². The second-order valence-corrected chi connectivity index (χ2v) is 4.17. The lowest BCUT2D eigenvalue weighted by Gasteiger charge is -2.23. The summed E-state index contributed by atoms with van der Waals surface area (Å²) in [7, 11) is 2.12. The molecule has 0 fully saturated rings. The van der Waals surface area contributed by atoms with E-state index < -0.39 is 0 Å². The SMILES string of the molecule is CCc1ccc(CN(C)C(C)CN)cc1. The second-order valence-electron chi connectivity index (χ2n) is 4.17. The van der Waals surface area contributed by atoms with Gasteiger partial charge in [0.15, 0.2) is 0 Å². The van der Waals surface area contributed by atoms with Crippen LogP contribution in [0.4, 0.5) is 0 Å². The molecule has 0 radical (unpaired) electrons. The monoisotopic (exact) mass is 206 g/mol. The lowest BCUT2D eigenvalue weighted by molar-refractivity contribution is 0.255. The van der Waals surface area contributed by atoms with E-state index in [2.05, 4.69) is 50.1 Å². The van der Waals surface area contributed by atoms with Crippen LogP contribution in [-0.2, 0) is 13.0 Å². The van der Waals surface area contributed by atoms with E-state index >= 15 is 0 Å². The number of hydrogen-bond acceptors (Lipinski definition) is 2. The Labute approximate surface area is 93.1 Å². The van der Waals surface area contributed by atoms with Crippen molar-refractivity contribution in [1.82, 2.24) is 4.90 Å². The number of nitrogens with zero attached hydrogens (tertiary/aromatic N) is 1. The van der Waals surface area contributed by atoms with E-state index in [4.69, 9.17) is 5.73 Å². The fourth-order valence-corrected chi connectivity index (χ4v) is 1.50. The Balaban J connectivity index is 2.57. The summed E-state index contributed by atoms with van der Waals surface area (Å²) in [6.07, 6.45) is 1.11. The molecule has 0 saturated carbocycles. The molecule has 2 heteroatoms. The highest BCUT2D eigenvalue weighted by Gasteiger charge is 2.06. The van der Waals surface area contributed by atoms with E-state index in [1.54, 1.807) is 0 Å². The molecule has 0 saturated heterocycles. The van der Waals surface area contributed by atoms with Crippen LogP contribution in [0.2, 0.25) is 0 Å². The van der Waals surface area contributed by atoms with Crippen molar-refractivity contribution >= 4 is 0 Å². The first-order valence-corrected chi connectivity index (χ1v) is 5.65. The standard InChI is InChI=1S/C13H22N2/c1-4-12-5-7-13(8-6-12)10-15(3)11(2)9-14/h5-8,11H,4,9-10,14H2,1-3H3. The van der Waals surface area contributed by atoms with Crippen LogP contribution in [-0.4, -0.2) is 24.5 Å². The van der Waals surface area contributed by atoms with Crippen molar-refractivity contribution in [3.05, 3.63) is 35.4 Å². The van der Waals surface area contributed by atoms with Crippen molar-refractivity contribution in [2.45, 2.75) is 32.9 Å². The molecule has 0 aliphatic rings. The van der Waals surface area contributed by atoms with Crippen LogP contribution in [0.25, 0.3) is 0 Å². The Hall–Kier alpha value is -0.860. The largest absolute Gasteiger partial charge is 0.329 e. The third kappa shape index (κ3) is 3.65. The van der Waals surface area contributed by atoms with Gasteiger partial charge in [0.2, 0.25) is 0 Å². The summed E-state index contributed by atoms with van der Waals surface area (Å²) in [5, 5.41) is 0. The molecule has 0 bridgehead atoms. The molecule has 1 aromatic carbocycles. The van der Waals surface area contributed by atoms with Gasteiger partial charge in [0, 0.05) is 19.1 Å². The smallest absolute Gasteiger partial charge is 0.0234 e. The van der Waals surface area contributed by atoms with Gasteiger partial charge in [-0.1, -0.05) is 31.2 Å². The van der Waals surface area contributed by atoms with Gasteiger partial charge in [0.1, 0.15) is 0 Å². The first kappa shape index (κ1) is 12.2. The van der Waals surface area contributed by atoms with Gasteiger partial charge in [-0.15, -0.1) is 0 Å². The molecular weight excluding hydrogens is 184 g/mol. The molecule has 15 heavy (non-hydrogen) atoms. The van der Waals surface area contributed by atoms with Gasteiger partial charge in [-0.25, -0.2) is 0 Å². The number of hydrogen-bond donors (Lipinski definition) is 1. The fraction of sp³-hybridized carbons (Fsp3) is 0.538. The van der Waals surface area contributed by atoms with Crippen LogP contribution in [0, 0.1) is 0 Å². The second kappa shape index (κ2) is 5.89. The van der Waals surface area contributed by atoms with Gasteiger partial charge in [-0.05, 0) is 31.5 Å². The Kier molecular flexibility index (Phi) is 4.79. The van der Waals surface area contributed by atoms with Crippen LogP contribution in [0.1, 0.15) is 25.0 Å². The summed E-state index contributed by atoms with van der Waals surface area (Å²) in [5.41, 5.74) is 8.38. The van der Waals surface area contributed by atoms with E-state index in [1.807, 2.05) is 0 Å². The minimum Gasteiger partial charge on any atom is -0.329 e. The fourth-order valence-electron chi connectivity index (χ4n) is 1.50. The lowest BCUT2D eigenvalue weighted by Crippen LogP contribution is -2.34. The number of likely N-dealkylation sites (N-methyl/N-ethyl adjacent to an activating group) is 1. The Bertz CT molecular complexity index is 279. The molecule has 1 unspecified atom stereocenters. The van der Waals surface area contributed by atoms with Crippen molar-refractivity contribution < 1.29 is 0 Å². The normalized spacial score (nSPS) is 13.1. The molecule has 1 atom stereocenters. The van der Waals surface area contributed by atoms with Gasteiger partial charge in [0.05, 0.1) is 0 Å². The number of aryl methyl sites for hydroxylation is 1. The van der Waals surface area contributed by atoms with Gasteiger partial charge in [0.25, 0.3) is 0 Å². The highest BCUT2D eigenvalue weighted by molar-refractivity contribution is 5.22. The number of rotatable bonds is 5. The van der Waals surface area contributed by atoms with E-state index in [0.717, 1.165) is 13.0 Å². The molecule has 0 aliphatic carbocycles. The average Bonchev–Trinajstić information content (AvgIpc) is 2.29. The zero-order chi connectivity index (χ0) is 11.3.